The van der Waals surface area contributed by atoms with Crippen LogP contribution in [0.4, 0.5) is 0 Å². The molecule has 1 heterocycles. The summed E-state index contributed by atoms with van der Waals surface area (Å²) in [6.45, 7) is 2.50. The molecule has 0 aromatic rings. The maximum Gasteiger partial charge on any atom is 0.0285 e. The van der Waals surface area contributed by atoms with Gasteiger partial charge in [0.2, 0.25) is 0 Å². The summed E-state index contributed by atoms with van der Waals surface area (Å²) >= 11 is 2.19. The molecule has 3 heteroatoms. The minimum atomic E-state index is 0. The molecule has 0 atom stereocenters. The van der Waals surface area contributed by atoms with E-state index in [0.29, 0.717) is 4.75 Å². The first-order valence-corrected chi connectivity index (χ1v) is 4.75. The first-order chi connectivity index (χ1) is 4.41. The van der Waals surface area contributed by atoms with Crippen LogP contribution >= 0.6 is 24.2 Å². The van der Waals surface area contributed by atoms with Gasteiger partial charge in [0.15, 0.2) is 0 Å². The molecule has 0 unspecified atom stereocenters. The van der Waals surface area contributed by atoms with E-state index in [1.54, 1.807) is 0 Å². The zero-order valence-corrected chi connectivity index (χ0v) is 7.69. The summed E-state index contributed by atoms with van der Waals surface area (Å²) in [5, 5.41) is 3.46. The minimum Gasteiger partial charge on any atom is -0.315 e. The first-order valence-electron chi connectivity index (χ1n) is 3.76. The molecule has 1 spiro atoms. The maximum atomic E-state index is 3.46. The van der Waals surface area contributed by atoms with E-state index >= 15 is 0 Å². The molecule has 2 fully saturated rings. The van der Waals surface area contributed by atoms with Gasteiger partial charge in [0.25, 0.3) is 0 Å². The Morgan fingerprint density at radius 3 is 2.40 bits per heavy atom. The maximum absolute atomic E-state index is 3.46. The van der Waals surface area contributed by atoms with E-state index in [1.165, 1.54) is 38.1 Å². The average molecular weight is 180 g/mol. The smallest absolute Gasteiger partial charge is 0.0285 e. The Bertz CT molecular complexity index is 106. The zero-order chi connectivity index (χ0) is 6.16. The summed E-state index contributed by atoms with van der Waals surface area (Å²) in [4.78, 5) is 0. The third kappa shape index (κ3) is 1.44. The topological polar surface area (TPSA) is 12.0 Å². The van der Waals surface area contributed by atoms with Crippen molar-refractivity contribution in [1.82, 2.24) is 5.32 Å². The quantitative estimate of drug-likeness (QED) is 0.607. The zero-order valence-electron chi connectivity index (χ0n) is 6.06. The van der Waals surface area contributed by atoms with Gasteiger partial charge in [-0.25, -0.2) is 0 Å². The average Bonchev–Trinajstić information content (AvgIpc) is 1.87. The Morgan fingerprint density at radius 2 is 2.10 bits per heavy atom. The molecule has 0 bridgehead atoms. The number of thioether (sulfide) groups is 1. The summed E-state index contributed by atoms with van der Waals surface area (Å²) in [6, 6.07) is 0. The molecule has 0 amide bonds. The fourth-order valence-corrected chi connectivity index (χ4v) is 3.06. The predicted molar refractivity (Wildman–Crippen MR) is 49.2 cm³/mol. The lowest BCUT2D eigenvalue weighted by atomic mass is 9.84. The van der Waals surface area contributed by atoms with Crippen molar-refractivity contribution >= 4 is 24.2 Å². The highest BCUT2D eigenvalue weighted by Crippen LogP contribution is 2.44. The summed E-state index contributed by atoms with van der Waals surface area (Å²) in [6.07, 6.45) is 4.39. The second-order valence-electron chi connectivity index (χ2n) is 3.06. The Labute approximate surface area is 72.7 Å². The third-order valence-corrected chi connectivity index (χ3v) is 3.97. The van der Waals surface area contributed by atoms with Gasteiger partial charge in [-0.2, -0.15) is 11.8 Å². The fourth-order valence-electron chi connectivity index (χ4n) is 1.60. The van der Waals surface area contributed by atoms with Crippen molar-refractivity contribution in [2.24, 2.45) is 0 Å². The van der Waals surface area contributed by atoms with E-state index in [9.17, 15) is 0 Å². The third-order valence-electron chi connectivity index (χ3n) is 2.40. The van der Waals surface area contributed by atoms with E-state index in [4.69, 9.17) is 0 Å². The van der Waals surface area contributed by atoms with Crippen molar-refractivity contribution in [3.8, 4) is 0 Å². The predicted octanol–water partition coefficient (Wildman–Crippen LogP) is 1.67. The summed E-state index contributed by atoms with van der Waals surface area (Å²) in [5.74, 6) is 1.33. The van der Waals surface area contributed by atoms with E-state index in [1.807, 2.05) is 0 Å². The molecule has 0 aromatic heterocycles. The molecule has 2 rings (SSSR count). The summed E-state index contributed by atoms with van der Waals surface area (Å²) in [5.41, 5.74) is 0. The molecule has 1 nitrogen and oxygen atoms in total. The lowest BCUT2D eigenvalue weighted by Crippen LogP contribution is -2.48. The molecular formula is C7H14ClNS. The van der Waals surface area contributed by atoms with Crippen molar-refractivity contribution in [2.75, 3.05) is 18.8 Å². The highest BCUT2D eigenvalue weighted by Gasteiger charge is 2.38. The molecule has 2 aliphatic rings. The molecule has 0 aromatic carbocycles. The number of hydrogen-bond donors (Lipinski definition) is 1. The van der Waals surface area contributed by atoms with Crippen LogP contribution in [0.15, 0.2) is 0 Å². The SMILES string of the molecule is C1CC2(C1)CNCCS2.Cl. The summed E-state index contributed by atoms with van der Waals surface area (Å²) < 4.78 is 0.707. The Kier molecular flexibility index (Phi) is 2.90. The number of rotatable bonds is 0. The number of halogens is 1. The van der Waals surface area contributed by atoms with Gasteiger partial charge in [-0.1, -0.05) is 6.42 Å². The van der Waals surface area contributed by atoms with E-state index < -0.39 is 0 Å². The van der Waals surface area contributed by atoms with Crippen LogP contribution in [0.3, 0.4) is 0 Å². The molecule has 1 N–H and O–H groups in total. The van der Waals surface area contributed by atoms with Crippen LogP contribution < -0.4 is 5.32 Å². The minimum absolute atomic E-state index is 0. The van der Waals surface area contributed by atoms with Crippen LogP contribution in [0.2, 0.25) is 0 Å². The van der Waals surface area contributed by atoms with Gasteiger partial charge in [0.05, 0.1) is 0 Å². The van der Waals surface area contributed by atoms with E-state index in [-0.39, 0.29) is 12.4 Å². The second-order valence-corrected chi connectivity index (χ2v) is 4.62. The normalized spacial score (nSPS) is 28.8. The number of hydrogen-bond acceptors (Lipinski definition) is 2. The molecule has 1 saturated carbocycles. The van der Waals surface area contributed by atoms with Gasteiger partial charge in [0.1, 0.15) is 0 Å². The van der Waals surface area contributed by atoms with Crippen molar-refractivity contribution in [3.05, 3.63) is 0 Å². The Hall–Kier alpha value is 0.600. The van der Waals surface area contributed by atoms with Gasteiger partial charge in [-0.3, -0.25) is 0 Å². The largest absolute Gasteiger partial charge is 0.315 e. The van der Waals surface area contributed by atoms with Gasteiger partial charge < -0.3 is 5.32 Å². The molecule has 1 aliphatic carbocycles. The Morgan fingerprint density at radius 1 is 1.30 bits per heavy atom. The highest BCUT2D eigenvalue weighted by molar-refractivity contribution is 8.00. The highest BCUT2D eigenvalue weighted by atomic mass is 35.5. The lowest BCUT2D eigenvalue weighted by Gasteiger charge is -2.44. The van der Waals surface area contributed by atoms with Gasteiger partial charge in [-0.05, 0) is 12.8 Å². The van der Waals surface area contributed by atoms with E-state index in [2.05, 4.69) is 17.1 Å². The lowest BCUT2D eigenvalue weighted by molar-refractivity contribution is 0.340. The van der Waals surface area contributed by atoms with Crippen LogP contribution in [0.25, 0.3) is 0 Å². The first kappa shape index (κ1) is 8.69. The van der Waals surface area contributed by atoms with E-state index in [0.717, 1.165) is 0 Å². The van der Waals surface area contributed by atoms with Crippen LogP contribution in [0.1, 0.15) is 19.3 Å². The van der Waals surface area contributed by atoms with Crippen molar-refractivity contribution in [3.63, 3.8) is 0 Å². The monoisotopic (exact) mass is 179 g/mol. The molecular weight excluding hydrogens is 166 g/mol. The molecule has 1 aliphatic heterocycles. The standard InChI is InChI=1S/C7H13NS.ClH/c1-2-7(3-1)6-8-4-5-9-7;/h8H,1-6H2;1H. The molecule has 1 saturated heterocycles. The van der Waals surface area contributed by atoms with Crippen molar-refractivity contribution < 1.29 is 0 Å². The van der Waals surface area contributed by atoms with Crippen LogP contribution in [0, 0.1) is 0 Å². The molecule has 60 valence electrons. The Balaban J connectivity index is 0.000000500. The van der Waals surface area contributed by atoms with Crippen molar-refractivity contribution in [2.45, 2.75) is 24.0 Å². The van der Waals surface area contributed by atoms with Crippen molar-refractivity contribution in [1.29, 1.82) is 0 Å². The van der Waals surface area contributed by atoms with Crippen LogP contribution in [0.5, 0.6) is 0 Å². The van der Waals surface area contributed by atoms with Gasteiger partial charge in [-0.15, -0.1) is 12.4 Å². The van der Waals surface area contributed by atoms with Gasteiger partial charge in [0, 0.05) is 23.6 Å². The second kappa shape index (κ2) is 3.33. The molecule has 0 radical (unpaired) electrons. The molecule has 10 heavy (non-hydrogen) atoms. The summed E-state index contributed by atoms with van der Waals surface area (Å²) in [7, 11) is 0. The van der Waals surface area contributed by atoms with Crippen LogP contribution in [-0.4, -0.2) is 23.6 Å². The van der Waals surface area contributed by atoms with Crippen LogP contribution in [-0.2, 0) is 0 Å². The fraction of sp³-hybridized carbons (Fsp3) is 1.00. The number of nitrogens with one attached hydrogen (secondary N) is 1. The van der Waals surface area contributed by atoms with Gasteiger partial charge >= 0.3 is 0 Å².